The first-order valence-corrected chi connectivity index (χ1v) is 6.90. The van der Waals surface area contributed by atoms with Gasteiger partial charge in [0.15, 0.2) is 0 Å². The Balaban J connectivity index is 1.88. The van der Waals surface area contributed by atoms with E-state index in [4.69, 9.17) is 0 Å². The summed E-state index contributed by atoms with van der Waals surface area (Å²) in [6, 6.07) is 17.3. The average Bonchev–Trinajstić information content (AvgIpc) is 2.77. The first-order valence-electron chi connectivity index (χ1n) is 6.90. The summed E-state index contributed by atoms with van der Waals surface area (Å²) in [5, 5.41) is 3.76. The van der Waals surface area contributed by atoms with Crippen molar-refractivity contribution in [2.45, 2.75) is 37.8 Å². The molecule has 0 spiro atoms. The highest BCUT2D eigenvalue weighted by Crippen LogP contribution is 2.42. The van der Waals surface area contributed by atoms with Gasteiger partial charge in [-0.05, 0) is 38.0 Å². The second-order valence-corrected chi connectivity index (χ2v) is 5.87. The van der Waals surface area contributed by atoms with Crippen LogP contribution in [0.5, 0.6) is 0 Å². The van der Waals surface area contributed by atoms with Gasteiger partial charge in [-0.15, -0.1) is 0 Å². The topological polar surface area (TPSA) is 24.9 Å². The van der Waals surface area contributed by atoms with E-state index in [1.165, 1.54) is 11.3 Å². The number of pyridine rings is 1. The molecule has 0 radical (unpaired) electrons. The number of rotatable bonds is 2. The van der Waals surface area contributed by atoms with Crippen LogP contribution >= 0.6 is 0 Å². The van der Waals surface area contributed by atoms with Crippen LogP contribution in [0.1, 0.15) is 43.5 Å². The molecule has 0 unspecified atom stereocenters. The van der Waals surface area contributed by atoms with Crippen LogP contribution < -0.4 is 5.32 Å². The number of nitrogens with zero attached hydrogens (tertiary/aromatic N) is 1. The van der Waals surface area contributed by atoms with Crippen LogP contribution in [0.15, 0.2) is 54.7 Å². The van der Waals surface area contributed by atoms with Gasteiger partial charge in [-0.2, -0.15) is 0 Å². The lowest BCUT2D eigenvalue weighted by atomic mass is 9.85. The lowest BCUT2D eigenvalue weighted by Gasteiger charge is -2.27. The molecule has 98 valence electrons. The third-order valence-electron chi connectivity index (χ3n) is 4.14. The molecule has 2 nitrogen and oxygen atoms in total. The predicted molar refractivity (Wildman–Crippen MR) is 78.0 cm³/mol. The zero-order valence-electron chi connectivity index (χ0n) is 11.5. The van der Waals surface area contributed by atoms with Gasteiger partial charge in [-0.1, -0.05) is 36.4 Å². The minimum atomic E-state index is 0.0782. The van der Waals surface area contributed by atoms with E-state index in [2.05, 4.69) is 66.6 Å². The Labute approximate surface area is 114 Å². The SMILES string of the molecule is CC1(C)N[C@@H](c2ccccc2)C[C@H]1c1ccccn1. The third-order valence-corrected chi connectivity index (χ3v) is 4.14. The summed E-state index contributed by atoms with van der Waals surface area (Å²) in [5.74, 6) is 0.457. The second kappa shape index (κ2) is 4.78. The van der Waals surface area contributed by atoms with Crippen LogP contribution in [0.2, 0.25) is 0 Å². The number of benzene rings is 1. The molecule has 3 rings (SSSR count). The Bertz CT molecular complexity index is 534. The van der Waals surface area contributed by atoms with Gasteiger partial charge in [-0.25, -0.2) is 0 Å². The summed E-state index contributed by atoms with van der Waals surface area (Å²) >= 11 is 0. The van der Waals surface area contributed by atoms with Crippen molar-refractivity contribution in [3.8, 4) is 0 Å². The Hall–Kier alpha value is -1.67. The second-order valence-electron chi connectivity index (χ2n) is 5.87. The van der Waals surface area contributed by atoms with Gasteiger partial charge in [0.25, 0.3) is 0 Å². The van der Waals surface area contributed by atoms with Gasteiger partial charge in [0.05, 0.1) is 0 Å². The van der Waals surface area contributed by atoms with Crippen molar-refractivity contribution in [1.29, 1.82) is 0 Å². The van der Waals surface area contributed by atoms with Crippen LogP contribution in [0, 0.1) is 0 Å². The fourth-order valence-electron chi connectivity index (χ4n) is 3.12. The van der Waals surface area contributed by atoms with Gasteiger partial charge < -0.3 is 5.32 Å². The maximum atomic E-state index is 4.54. The minimum Gasteiger partial charge on any atom is -0.304 e. The van der Waals surface area contributed by atoms with Crippen LogP contribution in [-0.2, 0) is 0 Å². The van der Waals surface area contributed by atoms with Crippen molar-refractivity contribution >= 4 is 0 Å². The fraction of sp³-hybridized carbons (Fsp3) is 0.353. The van der Waals surface area contributed by atoms with Gasteiger partial charge in [-0.3, -0.25) is 4.98 Å². The Morgan fingerprint density at radius 3 is 2.47 bits per heavy atom. The van der Waals surface area contributed by atoms with Crippen LogP contribution in [0.4, 0.5) is 0 Å². The molecular weight excluding hydrogens is 232 g/mol. The summed E-state index contributed by atoms with van der Waals surface area (Å²) in [4.78, 5) is 4.54. The fourth-order valence-corrected chi connectivity index (χ4v) is 3.12. The van der Waals surface area contributed by atoms with Crippen molar-refractivity contribution in [3.63, 3.8) is 0 Å². The largest absolute Gasteiger partial charge is 0.304 e. The molecule has 2 heterocycles. The summed E-state index contributed by atoms with van der Waals surface area (Å²) in [6.45, 7) is 4.55. The van der Waals surface area contributed by atoms with E-state index in [-0.39, 0.29) is 5.54 Å². The van der Waals surface area contributed by atoms with Crippen molar-refractivity contribution < 1.29 is 0 Å². The van der Waals surface area contributed by atoms with Crippen molar-refractivity contribution in [3.05, 3.63) is 66.0 Å². The quantitative estimate of drug-likeness (QED) is 0.882. The number of aromatic nitrogens is 1. The van der Waals surface area contributed by atoms with E-state index in [1.807, 2.05) is 12.3 Å². The number of hydrogen-bond acceptors (Lipinski definition) is 2. The molecule has 1 aromatic carbocycles. The normalized spacial score (nSPS) is 25.4. The third kappa shape index (κ3) is 2.41. The van der Waals surface area contributed by atoms with Crippen molar-refractivity contribution in [2.75, 3.05) is 0 Å². The lowest BCUT2D eigenvalue weighted by molar-refractivity contribution is 0.393. The first kappa shape index (κ1) is 12.4. The Morgan fingerprint density at radius 2 is 1.79 bits per heavy atom. The molecule has 2 atom stereocenters. The first-order chi connectivity index (χ1) is 9.17. The van der Waals surface area contributed by atoms with Crippen molar-refractivity contribution in [1.82, 2.24) is 10.3 Å². The molecule has 1 fully saturated rings. The van der Waals surface area contributed by atoms with E-state index in [9.17, 15) is 0 Å². The van der Waals surface area contributed by atoms with Crippen molar-refractivity contribution in [2.24, 2.45) is 0 Å². The molecule has 1 aliphatic rings. The standard InChI is InChI=1S/C17H20N2/c1-17(2)14(15-10-6-7-11-18-15)12-16(19-17)13-8-4-3-5-9-13/h3-11,14,16,19H,12H2,1-2H3/t14-,16+/m0/s1. The molecule has 0 amide bonds. The summed E-state index contributed by atoms with van der Waals surface area (Å²) in [6.07, 6.45) is 3.00. The van der Waals surface area contributed by atoms with Gasteiger partial charge in [0, 0.05) is 29.4 Å². The Kier molecular flexibility index (Phi) is 3.11. The molecule has 0 aliphatic carbocycles. The molecule has 0 bridgehead atoms. The zero-order chi connectivity index (χ0) is 13.3. The van der Waals surface area contributed by atoms with E-state index in [1.54, 1.807) is 0 Å². The van der Waals surface area contributed by atoms with E-state index in [0.717, 1.165) is 6.42 Å². The molecule has 2 heteroatoms. The molecule has 1 N–H and O–H groups in total. The Morgan fingerprint density at radius 1 is 1.05 bits per heavy atom. The zero-order valence-corrected chi connectivity index (χ0v) is 11.5. The van der Waals surface area contributed by atoms with Gasteiger partial charge in [0.2, 0.25) is 0 Å². The maximum Gasteiger partial charge on any atom is 0.0453 e. The molecular formula is C17H20N2. The van der Waals surface area contributed by atoms with Crippen LogP contribution in [0.25, 0.3) is 0 Å². The minimum absolute atomic E-state index is 0.0782. The monoisotopic (exact) mass is 252 g/mol. The lowest BCUT2D eigenvalue weighted by Crippen LogP contribution is -2.38. The van der Waals surface area contributed by atoms with Crippen LogP contribution in [-0.4, -0.2) is 10.5 Å². The van der Waals surface area contributed by atoms with E-state index >= 15 is 0 Å². The smallest absolute Gasteiger partial charge is 0.0453 e. The summed E-state index contributed by atoms with van der Waals surface area (Å²) < 4.78 is 0. The number of hydrogen-bond donors (Lipinski definition) is 1. The molecule has 1 aromatic heterocycles. The molecule has 19 heavy (non-hydrogen) atoms. The van der Waals surface area contributed by atoms with Gasteiger partial charge >= 0.3 is 0 Å². The predicted octanol–water partition coefficient (Wildman–Crippen LogP) is 3.68. The molecule has 1 aliphatic heterocycles. The van der Waals surface area contributed by atoms with Crippen LogP contribution in [0.3, 0.4) is 0 Å². The van der Waals surface area contributed by atoms with Gasteiger partial charge in [0.1, 0.15) is 0 Å². The highest BCUT2D eigenvalue weighted by Gasteiger charge is 2.41. The number of nitrogens with one attached hydrogen (secondary N) is 1. The molecule has 0 saturated carbocycles. The summed E-state index contributed by atoms with van der Waals surface area (Å²) in [7, 11) is 0. The molecule has 1 saturated heterocycles. The maximum absolute atomic E-state index is 4.54. The highest BCUT2D eigenvalue weighted by atomic mass is 15.0. The average molecular weight is 252 g/mol. The van der Waals surface area contributed by atoms with E-state index < -0.39 is 0 Å². The molecule has 2 aromatic rings. The van der Waals surface area contributed by atoms with E-state index in [0.29, 0.717) is 12.0 Å². The summed E-state index contributed by atoms with van der Waals surface area (Å²) in [5.41, 5.74) is 2.64. The highest BCUT2D eigenvalue weighted by molar-refractivity contribution is 5.26.